The molecule has 0 aliphatic heterocycles. The molecule has 0 aliphatic carbocycles. The fraction of sp³-hybridized carbons (Fsp3) is 0.850. The first-order chi connectivity index (χ1) is 51.2. The Labute approximate surface area is 699 Å². The minimum atomic E-state index is -4.83. The van der Waals surface area contributed by atoms with Gasteiger partial charge in [0.25, 0.3) is 0 Å². The van der Waals surface area contributed by atoms with E-state index in [9.17, 15) is 57.3 Å². The van der Waals surface area contributed by atoms with Crippen LogP contribution in [0.5, 0.6) is 0 Å². The molecule has 28 heteroatoms. The summed E-state index contributed by atoms with van der Waals surface area (Å²) in [6, 6.07) is -2.00. The third-order valence-electron chi connectivity index (χ3n) is 17.9. The van der Waals surface area contributed by atoms with Gasteiger partial charge in [-0.1, -0.05) is 232 Å². The summed E-state index contributed by atoms with van der Waals surface area (Å²) in [5, 5.41) is 10.2. The van der Waals surface area contributed by atoms with Crippen LogP contribution in [0.3, 0.4) is 0 Å². The van der Waals surface area contributed by atoms with E-state index in [1.54, 1.807) is 0 Å². The molecule has 622 valence electrons. The number of amides is 4. The van der Waals surface area contributed by atoms with E-state index in [4.69, 9.17) is 37.0 Å². The summed E-state index contributed by atoms with van der Waals surface area (Å²) in [5.41, 5.74) is 0. The normalized spacial score (nSPS) is 13.7. The Morgan fingerprint density at radius 1 is 0.361 bits per heavy atom. The number of allylic oxidation sites excluding steroid dienone is 4. The molecular weight excluding hydrogens is 1440 g/mol. The average Bonchev–Trinajstić information content (AvgIpc) is 0.916. The van der Waals surface area contributed by atoms with Crippen molar-refractivity contribution in [2.24, 2.45) is 0 Å². The topological polar surface area (TPSA) is 333 Å². The van der Waals surface area contributed by atoms with Crippen LogP contribution in [-0.2, 0) is 84.5 Å². The van der Waals surface area contributed by atoms with Gasteiger partial charge in [-0.25, -0.2) is 9.13 Å². The van der Waals surface area contributed by atoms with Gasteiger partial charge in [-0.2, -0.15) is 0 Å². The van der Waals surface area contributed by atoms with Crippen LogP contribution in [0.2, 0.25) is 0 Å². The number of ketones is 2. The summed E-state index contributed by atoms with van der Waals surface area (Å²) in [7, 11) is -9.65. The third-order valence-corrected chi connectivity index (χ3v) is 19.9. The summed E-state index contributed by atoms with van der Waals surface area (Å²) >= 11 is 0. The quantitative estimate of drug-likeness (QED) is 0.00823. The van der Waals surface area contributed by atoms with Gasteiger partial charge in [-0.3, -0.25) is 56.5 Å². The Morgan fingerprint density at radius 2 is 0.685 bits per heavy atom. The first-order valence-electron chi connectivity index (χ1n) is 41.4. The van der Waals surface area contributed by atoms with E-state index >= 15 is 0 Å². The monoisotopic (exact) mass is 1600 g/mol. The number of hydrogen-bond donors (Lipinski definition) is 6. The molecule has 0 fully saturated rings. The third kappa shape index (κ3) is 75.2. The Balaban J connectivity index is -0.00000919. The molecule has 0 heterocycles. The molecule has 0 rings (SSSR count). The molecule has 6 N–H and O–H groups in total. The summed E-state index contributed by atoms with van der Waals surface area (Å²) in [6.07, 6.45) is 47.5. The van der Waals surface area contributed by atoms with Crippen molar-refractivity contribution < 1.29 is 156 Å². The van der Waals surface area contributed by atoms with Gasteiger partial charge >= 0.3 is 86.7 Å². The van der Waals surface area contributed by atoms with Crippen molar-refractivity contribution in [1.29, 1.82) is 0 Å². The summed E-state index contributed by atoms with van der Waals surface area (Å²) in [6.45, 7) is 9.84. The Kier molecular flexibility index (Phi) is 80.1. The molecule has 24 nitrogen and oxygen atoms in total. The van der Waals surface area contributed by atoms with Gasteiger partial charge in [0.1, 0.15) is 30.2 Å². The number of rotatable bonds is 79. The van der Waals surface area contributed by atoms with Crippen molar-refractivity contribution in [2.75, 3.05) is 65.9 Å². The van der Waals surface area contributed by atoms with E-state index in [-0.39, 0.29) is 144 Å². The molecule has 6 atom stereocenters. The molecule has 0 saturated carbocycles. The molecular formula is C80H150N4Na2O20P2. The predicted octanol–water partition coefficient (Wildman–Crippen LogP) is 11.6. The van der Waals surface area contributed by atoms with Gasteiger partial charge in [0, 0.05) is 51.6 Å². The fourth-order valence-electron chi connectivity index (χ4n) is 11.7. The molecule has 0 radical (unpaired) electrons. The number of ether oxygens (including phenoxy) is 4. The number of carbonyl (C=O) groups is 8. The number of esters is 2. The van der Waals surface area contributed by atoms with Crippen LogP contribution in [0.4, 0.5) is 0 Å². The van der Waals surface area contributed by atoms with E-state index in [1.165, 1.54) is 70.6 Å². The van der Waals surface area contributed by atoms with E-state index in [0.29, 0.717) is 57.8 Å². The first-order valence-corrected chi connectivity index (χ1v) is 44.4. The van der Waals surface area contributed by atoms with E-state index in [1.807, 2.05) is 19.1 Å². The van der Waals surface area contributed by atoms with Crippen LogP contribution in [-0.4, -0.2) is 147 Å². The summed E-state index contributed by atoms with van der Waals surface area (Å²) in [4.78, 5) is 125. The molecule has 0 aromatic rings. The maximum Gasteiger partial charge on any atom is 1.00 e. The van der Waals surface area contributed by atoms with E-state index in [2.05, 4.69) is 68.0 Å². The van der Waals surface area contributed by atoms with Crippen LogP contribution < -0.4 is 80.4 Å². The van der Waals surface area contributed by atoms with Crippen LogP contribution in [0.15, 0.2) is 24.3 Å². The number of phosphoric ester groups is 2. The number of nitrogens with one attached hydrogen (secondary N) is 4. The zero-order chi connectivity index (χ0) is 78.3. The van der Waals surface area contributed by atoms with Gasteiger partial charge in [0.2, 0.25) is 23.6 Å². The Morgan fingerprint density at radius 3 is 1.05 bits per heavy atom. The van der Waals surface area contributed by atoms with Crippen molar-refractivity contribution in [1.82, 2.24) is 21.3 Å². The van der Waals surface area contributed by atoms with Crippen molar-refractivity contribution in [3.63, 3.8) is 0 Å². The van der Waals surface area contributed by atoms with Crippen LogP contribution in [0, 0.1) is 0 Å². The zero-order valence-corrected chi connectivity index (χ0v) is 74.6. The summed E-state index contributed by atoms with van der Waals surface area (Å²) in [5.74, 6) is -3.85. The number of unbranched alkanes of at least 4 members (excludes halogenated alkanes) is 30. The summed E-state index contributed by atoms with van der Waals surface area (Å²) < 4.78 is 70.7. The van der Waals surface area contributed by atoms with Crippen LogP contribution in [0.1, 0.15) is 353 Å². The van der Waals surface area contributed by atoms with Crippen molar-refractivity contribution in [2.45, 2.75) is 374 Å². The first kappa shape index (κ1) is 110. The van der Waals surface area contributed by atoms with Crippen LogP contribution >= 0.6 is 15.6 Å². The fourth-order valence-corrected chi connectivity index (χ4v) is 13.2. The second-order valence-corrected chi connectivity index (χ2v) is 31.1. The number of carbonyl (C=O) groups excluding carboxylic acids is 8. The van der Waals surface area contributed by atoms with Gasteiger partial charge < -0.3 is 52.9 Å². The van der Waals surface area contributed by atoms with Crippen molar-refractivity contribution in [3.8, 4) is 0 Å². The minimum Gasteiger partial charge on any atom is -1.00 e. The molecule has 0 saturated heterocycles. The van der Waals surface area contributed by atoms with Crippen molar-refractivity contribution in [3.05, 3.63) is 24.3 Å². The predicted molar refractivity (Wildman–Crippen MR) is 421 cm³/mol. The molecule has 2 unspecified atom stereocenters. The van der Waals surface area contributed by atoms with E-state index < -0.39 is 109 Å². The van der Waals surface area contributed by atoms with E-state index in [0.717, 1.165) is 141 Å². The average molecular weight is 1600 g/mol. The van der Waals surface area contributed by atoms with Gasteiger partial charge in [-0.15, -0.1) is 0 Å². The SMILES string of the molecule is C/C=C\CCCC(=O)O[C@H](CCCCCCC)CCOC[C@@H](COP(=O)(O)OCCNC(=O)CC(=O)NCCOP(=O)(O)OC[C@H](COCC[C@@H](CCCCCCC)OC(=O)CCC/C=C\CCCCCC)NC(=O)CC(=O)CCCCCCCCCCC)NC(=O)CC(=O)CCCCCCCCCCC.[H-].[H-].[Na+].[Na+]. The standard InChI is InChI=1S/C80H148N4O20P2.2Na.2H/c1-7-13-19-25-28-31-34-39-42-48-71(85)62-77(89)83-69(65-97-58-54-73(50-44-37-22-16-10-4)103-79(91)52-46-24-18-12-6)67-101-105(93,94)99-60-56-81-75(87)64-76(88)82-57-61-100-106(95,96)102-68-70(84-78(90)63-72(86)49-43-40-35-32-29-26-20-14-8-2)66-98-59-55-74(51-45-38-23-17-11-5)104-80(92)53-47-41-36-33-30-27-21-15-9-3;;;;/h12,18,33,36,69-70,73-74H,7-11,13-17,19-32,34-35,37-68H2,1-6H3,(H,81,87)(H,82,88)(H,83,89)(H,84,90)(H,93,94)(H,95,96);;;;/q;2*+1;2*-1/b18-12-,36-33-;;;;/t69-,70-,73+,74+;;;;/m0..../s1. The molecule has 0 aliphatic rings. The van der Waals surface area contributed by atoms with Crippen LogP contribution in [0.25, 0.3) is 0 Å². The maximum absolute atomic E-state index is 13.2. The molecule has 0 aromatic carbocycles. The number of hydrogen-bond acceptors (Lipinski definition) is 18. The molecule has 4 amide bonds. The zero-order valence-electron chi connectivity index (χ0n) is 70.8. The number of Topliss-reactive ketones (excluding diaryl/α,β-unsaturated/α-hetero) is 2. The molecule has 108 heavy (non-hydrogen) atoms. The Bertz CT molecular complexity index is 2430. The van der Waals surface area contributed by atoms with Gasteiger partial charge in [-0.05, 0) is 84.0 Å². The smallest absolute Gasteiger partial charge is 1.00 e. The molecule has 0 bridgehead atoms. The maximum atomic E-state index is 13.2. The second kappa shape index (κ2) is 78.7. The van der Waals surface area contributed by atoms with Gasteiger partial charge in [0.15, 0.2) is 0 Å². The van der Waals surface area contributed by atoms with Crippen molar-refractivity contribution >= 4 is 62.8 Å². The Hall–Kier alpha value is -2.22. The minimum absolute atomic E-state index is 0. The largest absolute Gasteiger partial charge is 1.00 e. The molecule has 0 spiro atoms. The second-order valence-electron chi connectivity index (χ2n) is 28.2. The number of phosphoric acid groups is 2. The van der Waals surface area contributed by atoms with Gasteiger partial charge in [0.05, 0.1) is 77.8 Å². The molecule has 0 aromatic heterocycles.